The van der Waals surface area contributed by atoms with E-state index in [1.54, 1.807) is 0 Å². The monoisotopic (exact) mass is 306 g/mol. The van der Waals surface area contributed by atoms with Crippen LogP contribution in [0.25, 0.3) is 0 Å². The molecule has 1 aromatic carbocycles. The molecule has 1 fully saturated rings. The van der Waals surface area contributed by atoms with Crippen LogP contribution in [0, 0.1) is 23.5 Å². The van der Waals surface area contributed by atoms with Gasteiger partial charge in [-0.25, -0.2) is 4.39 Å². The van der Waals surface area contributed by atoms with Crippen LogP contribution in [0.5, 0.6) is 0 Å². The second-order valence-corrected chi connectivity index (χ2v) is 2.78. The van der Waals surface area contributed by atoms with E-state index in [4.69, 9.17) is 4.74 Å². The Kier molecular flexibility index (Phi) is 12.0. The Morgan fingerprint density at radius 2 is 1.44 bits per heavy atom. The first-order chi connectivity index (χ1) is 6.72. The van der Waals surface area contributed by atoms with Gasteiger partial charge in [0, 0.05) is 24.8 Å². The number of hydrogen-bond acceptors (Lipinski definition) is 1. The first-order valence-corrected chi connectivity index (χ1v) is 4.30. The Labute approximate surface area is 119 Å². The van der Waals surface area contributed by atoms with E-state index in [1.807, 2.05) is 0 Å². The Bertz CT molecular complexity index is 268. The van der Waals surface area contributed by atoms with Crippen molar-refractivity contribution >= 4 is 23.1 Å². The third-order valence-electron chi connectivity index (χ3n) is 1.67. The summed E-state index contributed by atoms with van der Waals surface area (Å²) in [4.78, 5) is 0. The van der Waals surface area contributed by atoms with Crippen molar-refractivity contribution in [2.45, 2.75) is 12.8 Å². The molecule has 1 heterocycles. The molecular weight excluding hydrogens is 297 g/mol. The molecule has 6 heteroatoms. The van der Waals surface area contributed by atoms with Gasteiger partial charge in [0.05, 0.1) is 5.82 Å². The van der Waals surface area contributed by atoms with Gasteiger partial charge in [0.25, 0.3) is 0 Å². The van der Waals surface area contributed by atoms with Crippen molar-refractivity contribution in [1.29, 1.82) is 0 Å². The van der Waals surface area contributed by atoms with Crippen LogP contribution in [0.3, 0.4) is 0 Å². The van der Waals surface area contributed by atoms with Gasteiger partial charge < -0.3 is 21.7 Å². The second kappa shape index (κ2) is 10.4. The third-order valence-corrected chi connectivity index (χ3v) is 1.67. The van der Waals surface area contributed by atoms with Crippen molar-refractivity contribution < 1.29 is 34.9 Å². The maximum Gasteiger partial charge on any atom is 2.00 e. The molecule has 1 saturated heterocycles. The number of rotatable bonds is 0. The summed E-state index contributed by atoms with van der Waals surface area (Å²) in [5, 5.41) is 0. The molecule has 1 nitrogen and oxygen atoms in total. The van der Waals surface area contributed by atoms with Gasteiger partial charge in [0.1, 0.15) is 0 Å². The van der Waals surface area contributed by atoms with Crippen molar-refractivity contribution in [3.63, 3.8) is 0 Å². The smallest absolute Gasteiger partial charge is 1.00 e. The first-order valence-electron chi connectivity index (χ1n) is 4.30. The molecule has 0 aliphatic carbocycles. The average Bonchev–Trinajstić information content (AvgIpc) is 2.72. The molecule has 1 aliphatic heterocycles. The van der Waals surface area contributed by atoms with Crippen LogP contribution in [-0.4, -0.2) is 36.3 Å². The maximum absolute atomic E-state index is 12.0. The molecule has 0 bridgehead atoms. The summed E-state index contributed by atoms with van der Waals surface area (Å²) >= 11 is 0. The first kappa shape index (κ1) is 18.6. The number of halogens is 4. The molecule has 0 atom stereocenters. The topological polar surface area (TPSA) is 9.23 Å². The minimum Gasteiger partial charge on any atom is -1.00 e. The molecular formula is C10H10BrF3MgO. The fourth-order valence-corrected chi connectivity index (χ4v) is 0.939. The minimum absolute atomic E-state index is 0. The summed E-state index contributed by atoms with van der Waals surface area (Å²) in [5.41, 5.74) is 0. The summed E-state index contributed by atoms with van der Waals surface area (Å²) in [6.07, 6.45) is 2.56. The second-order valence-electron chi connectivity index (χ2n) is 2.78. The van der Waals surface area contributed by atoms with Crippen LogP contribution < -0.4 is 17.0 Å². The predicted molar refractivity (Wildman–Crippen MR) is 51.0 cm³/mol. The van der Waals surface area contributed by atoms with E-state index in [1.165, 1.54) is 12.8 Å². The van der Waals surface area contributed by atoms with Crippen LogP contribution in [0.1, 0.15) is 12.8 Å². The number of benzene rings is 1. The van der Waals surface area contributed by atoms with Crippen LogP contribution in [0.4, 0.5) is 13.2 Å². The predicted octanol–water partition coefficient (Wildman–Crippen LogP) is -0.676. The van der Waals surface area contributed by atoms with E-state index < -0.39 is 17.5 Å². The molecule has 1 aliphatic rings. The average molecular weight is 307 g/mol. The molecule has 0 unspecified atom stereocenters. The van der Waals surface area contributed by atoms with Crippen molar-refractivity contribution in [3.05, 3.63) is 35.7 Å². The van der Waals surface area contributed by atoms with Crippen molar-refractivity contribution in [1.82, 2.24) is 0 Å². The van der Waals surface area contributed by atoms with Gasteiger partial charge in [-0.15, -0.1) is 12.1 Å². The van der Waals surface area contributed by atoms with Crippen molar-refractivity contribution in [3.8, 4) is 0 Å². The Morgan fingerprint density at radius 1 is 1.00 bits per heavy atom. The zero-order chi connectivity index (χ0) is 10.4. The summed E-state index contributed by atoms with van der Waals surface area (Å²) in [7, 11) is 0. The van der Waals surface area contributed by atoms with Crippen molar-refractivity contribution in [2.24, 2.45) is 0 Å². The zero-order valence-electron chi connectivity index (χ0n) is 8.61. The standard InChI is InChI=1S/C6H2F3.C4H8O.BrH.Mg/c7-4-2-1-3-5(8)6(4)9;1-2-4-5-3-1;;/h2-3H;1-4H2;1H;/q-1;;;+2/p-1. The SMILES string of the molecule is C1CCOC1.Fc1c[c-]cc(F)c1F.[Br-].[Mg+2]. The maximum atomic E-state index is 12.0. The van der Waals surface area contributed by atoms with E-state index in [2.05, 4.69) is 6.07 Å². The van der Waals surface area contributed by atoms with E-state index in [-0.39, 0.29) is 40.0 Å². The zero-order valence-corrected chi connectivity index (χ0v) is 11.6. The summed E-state index contributed by atoms with van der Waals surface area (Å²) in [6.45, 7) is 2.00. The quantitative estimate of drug-likeness (QED) is 0.351. The molecule has 0 N–H and O–H groups in total. The number of ether oxygens (including phenoxy) is 1. The van der Waals surface area contributed by atoms with E-state index in [0.717, 1.165) is 25.3 Å². The summed E-state index contributed by atoms with van der Waals surface area (Å²) in [5.74, 6) is -3.88. The summed E-state index contributed by atoms with van der Waals surface area (Å²) in [6, 6.07) is 3.55. The Balaban J connectivity index is 0. The van der Waals surface area contributed by atoms with Gasteiger partial charge in [0.2, 0.25) is 0 Å². The fraction of sp³-hybridized carbons (Fsp3) is 0.400. The van der Waals surface area contributed by atoms with Gasteiger partial charge in [0.15, 0.2) is 0 Å². The number of hydrogen-bond donors (Lipinski definition) is 0. The molecule has 2 rings (SSSR count). The Hall–Kier alpha value is 0.216. The van der Waals surface area contributed by atoms with Gasteiger partial charge in [-0.3, -0.25) is 8.78 Å². The molecule has 0 aromatic heterocycles. The van der Waals surface area contributed by atoms with E-state index >= 15 is 0 Å². The molecule has 0 spiro atoms. The van der Waals surface area contributed by atoms with Gasteiger partial charge in [-0.05, 0) is 12.8 Å². The van der Waals surface area contributed by atoms with Crippen molar-refractivity contribution in [2.75, 3.05) is 13.2 Å². The third kappa shape index (κ3) is 6.72. The van der Waals surface area contributed by atoms with E-state index in [0.29, 0.717) is 0 Å². The van der Waals surface area contributed by atoms with E-state index in [9.17, 15) is 13.2 Å². The van der Waals surface area contributed by atoms with Gasteiger partial charge >= 0.3 is 23.1 Å². The molecule has 16 heavy (non-hydrogen) atoms. The Morgan fingerprint density at radius 3 is 1.69 bits per heavy atom. The molecule has 86 valence electrons. The summed E-state index contributed by atoms with van der Waals surface area (Å²) < 4.78 is 40.8. The van der Waals surface area contributed by atoms with Crippen LogP contribution >= 0.6 is 0 Å². The van der Waals surface area contributed by atoms with Crippen LogP contribution in [0.15, 0.2) is 12.1 Å². The molecule has 0 saturated carbocycles. The van der Waals surface area contributed by atoms with Gasteiger partial charge in [-0.2, -0.15) is 6.07 Å². The minimum atomic E-state index is -1.45. The van der Waals surface area contributed by atoms with Crippen LogP contribution in [-0.2, 0) is 4.74 Å². The molecule has 0 amide bonds. The largest absolute Gasteiger partial charge is 2.00 e. The van der Waals surface area contributed by atoms with Crippen LogP contribution in [0.2, 0.25) is 0 Å². The fourth-order valence-electron chi connectivity index (χ4n) is 0.939. The van der Waals surface area contributed by atoms with Gasteiger partial charge in [-0.1, -0.05) is 0 Å². The molecule has 1 aromatic rings. The normalized spacial score (nSPS) is 12.9. The molecule has 0 radical (unpaired) electrons.